The standard InChI is InChI=1S/C16H17ClN2O2/c1-3-10-6-4-5-7-14(10)19-15-12(16(20)21-2)8-11(18)9-13(15)17/h4-9,19H,3,18H2,1-2H3. The highest BCUT2D eigenvalue weighted by atomic mass is 35.5. The number of nitrogens with one attached hydrogen (secondary N) is 1. The first-order chi connectivity index (χ1) is 10.1. The first-order valence-corrected chi connectivity index (χ1v) is 6.96. The summed E-state index contributed by atoms with van der Waals surface area (Å²) in [5.74, 6) is -0.485. The molecule has 0 fully saturated rings. The maximum absolute atomic E-state index is 11.9. The summed E-state index contributed by atoms with van der Waals surface area (Å²) in [5, 5.41) is 3.59. The number of benzene rings is 2. The molecule has 110 valence electrons. The predicted octanol–water partition coefficient (Wildman–Crippen LogP) is 4.01. The third-order valence-electron chi connectivity index (χ3n) is 3.18. The summed E-state index contributed by atoms with van der Waals surface area (Å²) < 4.78 is 4.79. The van der Waals surface area contributed by atoms with Crippen molar-refractivity contribution in [2.45, 2.75) is 13.3 Å². The number of rotatable bonds is 4. The van der Waals surface area contributed by atoms with E-state index in [1.807, 2.05) is 24.3 Å². The van der Waals surface area contributed by atoms with Crippen molar-refractivity contribution in [1.82, 2.24) is 0 Å². The number of para-hydroxylation sites is 1. The molecule has 0 unspecified atom stereocenters. The van der Waals surface area contributed by atoms with Crippen LogP contribution in [-0.2, 0) is 11.2 Å². The van der Waals surface area contributed by atoms with E-state index in [4.69, 9.17) is 22.1 Å². The van der Waals surface area contributed by atoms with Crippen molar-refractivity contribution in [3.63, 3.8) is 0 Å². The molecule has 0 aromatic heterocycles. The van der Waals surface area contributed by atoms with Crippen LogP contribution < -0.4 is 11.1 Å². The molecule has 3 N–H and O–H groups in total. The maximum atomic E-state index is 11.9. The SMILES string of the molecule is CCc1ccccc1Nc1c(Cl)cc(N)cc1C(=O)OC. The third kappa shape index (κ3) is 3.28. The van der Waals surface area contributed by atoms with Crippen LogP contribution in [0.3, 0.4) is 0 Å². The average Bonchev–Trinajstić information content (AvgIpc) is 2.49. The van der Waals surface area contributed by atoms with Gasteiger partial charge in [-0.2, -0.15) is 0 Å². The average molecular weight is 305 g/mol. The third-order valence-corrected chi connectivity index (χ3v) is 3.47. The maximum Gasteiger partial charge on any atom is 0.340 e. The number of nitrogen functional groups attached to an aromatic ring is 1. The molecule has 2 aromatic carbocycles. The van der Waals surface area contributed by atoms with E-state index in [1.165, 1.54) is 7.11 Å². The normalized spacial score (nSPS) is 10.2. The Morgan fingerprint density at radius 3 is 2.71 bits per heavy atom. The van der Waals surface area contributed by atoms with Crippen molar-refractivity contribution in [3.05, 3.63) is 52.5 Å². The zero-order valence-corrected chi connectivity index (χ0v) is 12.7. The number of methoxy groups -OCH3 is 1. The number of carbonyl (C=O) groups excluding carboxylic acids is 1. The van der Waals surface area contributed by atoms with Gasteiger partial charge in [0.2, 0.25) is 0 Å². The number of nitrogens with two attached hydrogens (primary N) is 1. The number of aryl methyl sites for hydroxylation is 1. The lowest BCUT2D eigenvalue weighted by molar-refractivity contribution is 0.0602. The minimum Gasteiger partial charge on any atom is -0.465 e. The van der Waals surface area contributed by atoms with Gasteiger partial charge in [-0.05, 0) is 30.2 Å². The monoisotopic (exact) mass is 304 g/mol. The second-order valence-corrected chi connectivity index (χ2v) is 4.96. The molecule has 0 aliphatic rings. The van der Waals surface area contributed by atoms with E-state index in [-0.39, 0.29) is 0 Å². The first-order valence-electron chi connectivity index (χ1n) is 6.59. The molecule has 4 nitrogen and oxygen atoms in total. The van der Waals surface area contributed by atoms with E-state index in [9.17, 15) is 4.79 Å². The summed E-state index contributed by atoms with van der Waals surface area (Å²) in [6, 6.07) is 11.0. The highest BCUT2D eigenvalue weighted by molar-refractivity contribution is 6.34. The minimum absolute atomic E-state index is 0.313. The summed E-state index contributed by atoms with van der Waals surface area (Å²) >= 11 is 6.23. The lowest BCUT2D eigenvalue weighted by Gasteiger charge is -2.16. The predicted molar refractivity (Wildman–Crippen MR) is 86.3 cm³/mol. The molecule has 0 aliphatic heterocycles. The van der Waals surface area contributed by atoms with Gasteiger partial charge < -0.3 is 15.8 Å². The molecule has 2 aromatic rings. The van der Waals surface area contributed by atoms with Crippen molar-refractivity contribution in [1.29, 1.82) is 0 Å². The molecule has 0 spiro atoms. The fourth-order valence-corrected chi connectivity index (χ4v) is 2.39. The molecule has 0 radical (unpaired) electrons. The highest BCUT2D eigenvalue weighted by Crippen LogP contribution is 2.33. The van der Waals surface area contributed by atoms with E-state index in [0.29, 0.717) is 22.0 Å². The van der Waals surface area contributed by atoms with Gasteiger partial charge in [0.15, 0.2) is 0 Å². The number of hydrogen-bond acceptors (Lipinski definition) is 4. The number of ether oxygens (including phenoxy) is 1. The molecule has 0 heterocycles. The number of anilines is 3. The summed E-state index contributed by atoms with van der Waals surface area (Å²) in [4.78, 5) is 11.9. The van der Waals surface area contributed by atoms with Crippen LogP contribution in [0.2, 0.25) is 5.02 Å². The minimum atomic E-state index is -0.485. The highest BCUT2D eigenvalue weighted by Gasteiger charge is 2.17. The Morgan fingerprint density at radius 1 is 1.33 bits per heavy atom. The fourth-order valence-electron chi connectivity index (χ4n) is 2.11. The molecule has 0 aliphatic carbocycles. The Kier molecular flexibility index (Phi) is 4.70. The molecular weight excluding hydrogens is 288 g/mol. The summed E-state index contributed by atoms with van der Waals surface area (Å²) in [5.41, 5.74) is 9.00. The second kappa shape index (κ2) is 6.50. The van der Waals surface area contributed by atoms with Gasteiger partial charge >= 0.3 is 5.97 Å². The lowest BCUT2D eigenvalue weighted by atomic mass is 10.1. The molecule has 2 rings (SSSR count). The van der Waals surface area contributed by atoms with Crippen molar-refractivity contribution in [2.75, 3.05) is 18.2 Å². The zero-order chi connectivity index (χ0) is 15.4. The Morgan fingerprint density at radius 2 is 2.05 bits per heavy atom. The number of carbonyl (C=O) groups is 1. The number of hydrogen-bond donors (Lipinski definition) is 2. The van der Waals surface area contributed by atoms with Crippen molar-refractivity contribution >= 4 is 34.6 Å². The van der Waals surface area contributed by atoms with Crippen LogP contribution >= 0.6 is 11.6 Å². The quantitative estimate of drug-likeness (QED) is 0.661. The van der Waals surface area contributed by atoms with Gasteiger partial charge in [-0.1, -0.05) is 36.7 Å². The van der Waals surface area contributed by atoms with E-state index in [1.54, 1.807) is 12.1 Å². The van der Waals surface area contributed by atoms with Crippen LogP contribution in [0.5, 0.6) is 0 Å². The largest absolute Gasteiger partial charge is 0.465 e. The molecule has 0 saturated heterocycles. The number of esters is 1. The van der Waals surface area contributed by atoms with Crippen LogP contribution in [0.1, 0.15) is 22.8 Å². The summed E-state index contributed by atoms with van der Waals surface area (Å²) in [6.07, 6.45) is 0.864. The fraction of sp³-hybridized carbons (Fsp3) is 0.188. The van der Waals surface area contributed by atoms with Gasteiger partial charge in [0.25, 0.3) is 0 Å². The summed E-state index contributed by atoms with van der Waals surface area (Å²) in [7, 11) is 1.32. The zero-order valence-electron chi connectivity index (χ0n) is 11.9. The number of halogens is 1. The van der Waals surface area contributed by atoms with Crippen molar-refractivity contribution < 1.29 is 9.53 Å². The smallest absolute Gasteiger partial charge is 0.340 e. The van der Waals surface area contributed by atoms with Crippen LogP contribution in [0.15, 0.2) is 36.4 Å². The van der Waals surface area contributed by atoms with E-state index in [2.05, 4.69) is 12.2 Å². The molecule has 0 amide bonds. The summed E-state index contributed by atoms with van der Waals surface area (Å²) in [6.45, 7) is 2.06. The van der Waals surface area contributed by atoms with Gasteiger partial charge in [0, 0.05) is 11.4 Å². The van der Waals surface area contributed by atoms with Gasteiger partial charge in [0.05, 0.1) is 23.4 Å². The van der Waals surface area contributed by atoms with E-state index >= 15 is 0 Å². The lowest BCUT2D eigenvalue weighted by Crippen LogP contribution is -2.08. The van der Waals surface area contributed by atoms with Gasteiger partial charge in [-0.25, -0.2) is 4.79 Å². The molecule has 0 saturated carbocycles. The Hall–Kier alpha value is -2.20. The molecule has 0 bridgehead atoms. The van der Waals surface area contributed by atoms with Gasteiger partial charge in [-0.3, -0.25) is 0 Å². The molecular formula is C16H17ClN2O2. The van der Waals surface area contributed by atoms with Crippen molar-refractivity contribution in [3.8, 4) is 0 Å². The van der Waals surface area contributed by atoms with Crippen LogP contribution in [-0.4, -0.2) is 13.1 Å². The molecule has 5 heteroatoms. The first kappa shape index (κ1) is 15.2. The van der Waals surface area contributed by atoms with Crippen LogP contribution in [0.25, 0.3) is 0 Å². The molecule has 0 atom stereocenters. The van der Waals surface area contributed by atoms with Gasteiger partial charge in [0.1, 0.15) is 0 Å². The van der Waals surface area contributed by atoms with Crippen LogP contribution in [0, 0.1) is 0 Å². The van der Waals surface area contributed by atoms with Crippen LogP contribution in [0.4, 0.5) is 17.1 Å². The van der Waals surface area contributed by atoms with E-state index in [0.717, 1.165) is 17.7 Å². The Bertz CT molecular complexity index is 671. The van der Waals surface area contributed by atoms with Gasteiger partial charge in [-0.15, -0.1) is 0 Å². The van der Waals surface area contributed by atoms with Crippen molar-refractivity contribution in [2.24, 2.45) is 0 Å². The van der Waals surface area contributed by atoms with E-state index < -0.39 is 5.97 Å². The second-order valence-electron chi connectivity index (χ2n) is 4.55. The Balaban J connectivity index is 2.50. The topological polar surface area (TPSA) is 64.3 Å². The molecule has 21 heavy (non-hydrogen) atoms. The Labute approximate surface area is 128 Å².